The average Bonchev–Trinajstić information content (AvgIpc) is 2.67. The lowest BCUT2D eigenvalue weighted by molar-refractivity contribution is -0.123. The van der Waals surface area contributed by atoms with Crippen LogP contribution in [-0.2, 0) is 18.4 Å². The van der Waals surface area contributed by atoms with Crippen LogP contribution >= 0.6 is 11.0 Å². The van der Waals surface area contributed by atoms with Crippen molar-refractivity contribution in [3.05, 3.63) is 29.8 Å². The summed E-state index contributed by atoms with van der Waals surface area (Å²) in [4.78, 5) is 24.2. The van der Waals surface area contributed by atoms with E-state index in [1.54, 1.807) is 12.1 Å². The number of nitrogens with one attached hydrogen (secondary N) is 2. The zero-order chi connectivity index (χ0) is 22.0. The van der Waals surface area contributed by atoms with Crippen LogP contribution in [0.3, 0.4) is 0 Å². The molecule has 4 N–H and O–H groups in total. The minimum absolute atomic E-state index is 0.0663. The first kappa shape index (κ1) is 25.2. The second-order valence-corrected chi connectivity index (χ2v) is 10.5. The molecule has 0 saturated carbocycles. The van der Waals surface area contributed by atoms with Crippen molar-refractivity contribution in [2.45, 2.75) is 38.2 Å². The second-order valence-electron chi connectivity index (χ2n) is 6.96. The fourth-order valence-corrected chi connectivity index (χ4v) is 4.39. The van der Waals surface area contributed by atoms with Crippen molar-refractivity contribution in [2.24, 2.45) is 11.8 Å². The number of amides is 2. The summed E-state index contributed by atoms with van der Waals surface area (Å²) in [5.41, 5.74) is 0.916. The molecule has 29 heavy (non-hydrogen) atoms. The third kappa shape index (κ3) is 9.48. The Bertz CT molecular complexity index is 767. The largest absolute Gasteiger partial charge is 0.447 e. The molecular formula is C18H28N2O7S2. The van der Waals surface area contributed by atoms with Gasteiger partial charge in [0.1, 0.15) is 12.7 Å². The highest BCUT2D eigenvalue weighted by molar-refractivity contribution is 8.71. The molecule has 1 rings (SSSR count). The lowest BCUT2D eigenvalue weighted by Crippen LogP contribution is -2.38. The molecule has 0 aliphatic rings. The molecule has 1 aromatic rings. The maximum Gasteiger partial charge on any atom is 0.407 e. The Morgan fingerprint density at radius 1 is 1.21 bits per heavy atom. The molecule has 0 saturated heterocycles. The number of alkyl carbamates (subject to hydrolysis) is 1. The maximum absolute atomic E-state index is 12.5. The van der Waals surface area contributed by atoms with Crippen molar-refractivity contribution < 1.29 is 33.0 Å². The number of aliphatic hydroxyl groups is 2. The summed E-state index contributed by atoms with van der Waals surface area (Å²) >= 11 is 0. The van der Waals surface area contributed by atoms with Crippen molar-refractivity contribution in [1.82, 2.24) is 10.0 Å². The summed E-state index contributed by atoms with van der Waals surface area (Å²) in [6, 6.07) is 6.27. The molecule has 9 nitrogen and oxygen atoms in total. The summed E-state index contributed by atoms with van der Waals surface area (Å²) in [6.45, 7) is 4.64. The van der Waals surface area contributed by atoms with Crippen LogP contribution in [0.5, 0.6) is 0 Å². The fourth-order valence-electron chi connectivity index (χ4n) is 2.27. The summed E-state index contributed by atoms with van der Waals surface area (Å²) in [5, 5.41) is 20.3. The van der Waals surface area contributed by atoms with Gasteiger partial charge in [0.05, 0.1) is 28.4 Å². The lowest BCUT2D eigenvalue weighted by Gasteiger charge is -2.19. The van der Waals surface area contributed by atoms with Gasteiger partial charge in [0.2, 0.25) is 14.8 Å². The van der Waals surface area contributed by atoms with Crippen LogP contribution in [0, 0.1) is 18.8 Å². The van der Waals surface area contributed by atoms with E-state index in [0.717, 1.165) is 5.56 Å². The second kappa shape index (κ2) is 12.0. The number of carbonyl (C=O) groups is 2. The van der Waals surface area contributed by atoms with Crippen LogP contribution in [0.2, 0.25) is 0 Å². The summed E-state index contributed by atoms with van der Waals surface area (Å²) in [5.74, 6) is -1.08. The van der Waals surface area contributed by atoms with Gasteiger partial charge in [-0.25, -0.2) is 13.2 Å². The standard InChI is InChI=1S/C18H28N2O7S2/c1-12(2)8-14(9-19-18(24)27-11-15(22)10-21)17(23)20-28-29(25,26)16-6-4-13(3)5-7-16/h4-7,12,14-15,21-22H,8-11H2,1-3H3,(H,19,24)(H,20,23). The summed E-state index contributed by atoms with van der Waals surface area (Å²) in [7, 11) is -3.44. The van der Waals surface area contributed by atoms with E-state index in [4.69, 9.17) is 14.9 Å². The molecule has 2 unspecified atom stereocenters. The molecule has 0 aromatic heterocycles. The van der Waals surface area contributed by atoms with Crippen LogP contribution in [0.25, 0.3) is 0 Å². The van der Waals surface area contributed by atoms with Gasteiger partial charge in [-0.3, -0.25) is 9.52 Å². The highest BCUT2D eigenvalue weighted by Gasteiger charge is 2.24. The zero-order valence-electron chi connectivity index (χ0n) is 16.6. The van der Waals surface area contributed by atoms with Gasteiger partial charge in [0, 0.05) is 6.54 Å². The van der Waals surface area contributed by atoms with Gasteiger partial charge in [-0.1, -0.05) is 31.5 Å². The third-order valence-corrected chi connectivity index (χ3v) is 6.64. The van der Waals surface area contributed by atoms with Crippen molar-refractivity contribution in [3.63, 3.8) is 0 Å². The molecule has 11 heteroatoms. The normalized spacial score (nSPS) is 13.6. The highest BCUT2D eigenvalue weighted by atomic mass is 33.1. The van der Waals surface area contributed by atoms with E-state index >= 15 is 0 Å². The Morgan fingerprint density at radius 2 is 1.83 bits per heavy atom. The van der Waals surface area contributed by atoms with E-state index in [0.29, 0.717) is 17.4 Å². The van der Waals surface area contributed by atoms with Crippen molar-refractivity contribution >= 4 is 31.8 Å². The van der Waals surface area contributed by atoms with Gasteiger partial charge in [-0.05, 0) is 31.4 Å². The minimum atomic E-state index is -3.77. The molecule has 0 spiro atoms. The third-order valence-electron chi connectivity index (χ3n) is 3.80. The number of hydrogen-bond donors (Lipinski definition) is 4. The summed E-state index contributed by atoms with van der Waals surface area (Å²) in [6.07, 6.45) is -1.62. The SMILES string of the molecule is Cc1ccc(S(=O)(=O)SNC(=O)C(CNC(=O)OCC(O)CO)CC(C)C)cc1. The fraction of sp³-hybridized carbons (Fsp3) is 0.556. The Kier molecular flexibility index (Phi) is 10.4. The number of hydrogen-bond acceptors (Lipinski definition) is 8. The van der Waals surface area contributed by atoms with Gasteiger partial charge in [0.25, 0.3) is 0 Å². The number of aryl methyl sites for hydroxylation is 1. The monoisotopic (exact) mass is 448 g/mol. The van der Waals surface area contributed by atoms with Crippen molar-refractivity contribution in [2.75, 3.05) is 19.8 Å². The molecule has 1 aromatic carbocycles. The molecule has 0 aliphatic carbocycles. The van der Waals surface area contributed by atoms with Gasteiger partial charge in [0.15, 0.2) is 0 Å². The summed E-state index contributed by atoms with van der Waals surface area (Å²) < 4.78 is 31.8. The van der Waals surface area contributed by atoms with E-state index < -0.39 is 39.5 Å². The zero-order valence-corrected chi connectivity index (χ0v) is 18.3. The van der Waals surface area contributed by atoms with Crippen molar-refractivity contribution in [1.29, 1.82) is 0 Å². The molecule has 0 fully saturated rings. The number of ether oxygens (including phenoxy) is 1. The predicted octanol–water partition coefficient (Wildman–Crippen LogP) is 1.19. The van der Waals surface area contributed by atoms with E-state index in [1.165, 1.54) is 12.1 Å². The van der Waals surface area contributed by atoms with E-state index in [1.807, 2.05) is 20.8 Å². The Balaban J connectivity index is 2.64. The number of rotatable bonds is 11. The first-order valence-electron chi connectivity index (χ1n) is 9.04. The Labute approximate surface area is 174 Å². The Hall–Kier alpha value is -1.82. The topological polar surface area (TPSA) is 142 Å². The van der Waals surface area contributed by atoms with Crippen LogP contribution in [0.1, 0.15) is 25.8 Å². The van der Waals surface area contributed by atoms with Crippen molar-refractivity contribution in [3.8, 4) is 0 Å². The van der Waals surface area contributed by atoms with E-state index in [2.05, 4.69) is 10.0 Å². The van der Waals surface area contributed by atoms with E-state index in [-0.39, 0.29) is 24.0 Å². The predicted molar refractivity (Wildman–Crippen MR) is 109 cm³/mol. The molecular weight excluding hydrogens is 420 g/mol. The van der Waals surface area contributed by atoms with Gasteiger partial charge >= 0.3 is 6.09 Å². The first-order chi connectivity index (χ1) is 13.5. The first-order valence-corrected chi connectivity index (χ1v) is 11.9. The van der Waals surface area contributed by atoms with Gasteiger partial charge < -0.3 is 20.3 Å². The smallest absolute Gasteiger partial charge is 0.407 e. The maximum atomic E-state index is 12.5. The molecule has 0 radical (unpaired) electrons. The number of carbonyl (C=O) groups excluding carboxylic acids is 2. The average molecular weight is 449 g/mol. The van der Waals surface area contributed by atoms with Crippen LogP contribution in [0.4, 0.5) is 4.79 Å². The highest BCUT2D eigenvalue weighted by Crippen LogP contribution is 2.22. The molecule has 2 amide bonds. The minimum Gasteiger partial charge on any atom is -0.447 e. The molecule has 0 bridgehead atoms. The van der Waals surface area contributed by atoms with Crippen LogP contribution in [-0.4, -0.2) is 56.5 Å². The Morgan fingerprint density at radius 3 is 2.38 bits per heavy atom. The molecule has 0 heterocycles. The molecule has 0 aliphatic heterocycles. The van der Waals surface area contributed by atoms with Gasteiger partial charge in [-0.2, -0.15) is 0 Å². The van der Waals surface area contributed by atoms with Crippen LogP contribution in [0.15, 0.2) is 29.2 Å². The van der Waals surface area contributed by atoms with E-state index in [9.17, 15) is 18.0 Å². The number of aliphatic hydroxyl groups excluding tert-OH is 2. The van der Waals surface area contributed by atoms with Gasteiger partial charge in [-0.15, -0.1) is 0 Å². The molecule has 2 atom stereocenters. The van der Waals surface area contributed by atoms with Crippen LogP contribution < -0.4 is 10.0 Å². The quantitative estimate of drug-likeness (QED) is 0.292. The lowest BCUT2D eigenvalue weighted by atomic mass is 9.96. The molecule has 164 valence electrons. The number of benzene rings is 1.